The third kappa shape index (κ3) is 4.77. The van der Waals surface area contributed by atoms with Crippen LogP contribution in [0.15, 0.2) is 30.5 Å². The summed E-state index contributed by atoms with van der Waals surface area (Å²) in [5, 5.41) is 11.0. The lowest BCUT2D eigenvalue weighted by Crippen LogP contribution is -2.38. The summed E-state index contributed by atoms with van der Waals surface area (Å²) in [7, 11) is 2.21. The summed E-state index contributed by atoms with van der Waals surface area (Å²) in [5.74, 6) is 1.47. The number of fused-ring (bicyclic) bond motifs is 1. The maximum Gasteiger partial charge on any atom is 0.290 e. The van der Waals surface area contributed by atoms with Crippen molar-refractivity contribution in [2.24, 2.45) is 11.8 Å². The predicted octanol–water partition coefficient (Wildman–Crippen LogP) is 3.17. The molecule has 2 N–H and O–H groups in total. The average molecular weight is 402 g/mol. The second kappa shape index (κ2) is 9.30. The summed E-state index contributed by atoms with van der Waals surface area (Å²) < 4.78 is 0. The van der Waals surface area contributed by atoms with E-state index >= 15 is 0 Å². The lowest BCUT2D eigenvalue weighted by molar-refractivity contribution is -0.124. The van der Waals surface area contributed by atoms with Crippen molar-refractivity contribution >= 4 is 23.7 Å². The van der Waals surface area contributed by atoms with Crippen molar-refractivity contribution in [1.29, 1.82) is 0 Å². The highest BCUT2D eigenvalue weighted by atomic mass is 32.1. The zero-order valence-electron chi connectivity index (χ0n) is 16.3. The number of piperidine rings is 1. The van der Waals surface area contributed by atoms with Crippen LogP contribution < -0.4 is 5.32 Å². The van der Waals surface area contributed by atoms with Crippen molar-refractivity contribution in [3.05, 3.63) is 40.9 Å². The van der Waals surface area contributed by atoms with E-state index in [-0.39, 0.29) is 12.4 Å². The predicted molar refractivity (Wildman–Crippen MR) is 110 cm³/mol. The van der Waals surface area contributed by atoms with E-state index in [4.69, 9.17) is 9.90 Å². The Labute approximate surface area is 169 Å². The first-order chi connectivity index (χ1) is 13.5. The van der Waals surface area contributed by atoms with E-state index in [9.17, 15) is 4.79 Å². The number of carboxylic acid groups (broad SMARTS) is 1. The smallest absolute Gasteiger partial charge is 0.290 e. The van der Waals surface area contributed by atoms with Gasteiger partial charge in [0.1, 0.15) is 5.01 Å². The fourth-order valence-electron chi connectivity index (χ4n) is 4.29. The monoisotopic (exact) mass is 401 g/mol. The van der Waals surface area contributed by atoms with Gasteiger partial charge in [-0.2, -0.15) is 0 Å². The molecule has 1 saturated heterocycles. The van der Waals surface area contributed by atoms with Crippen molar-refractivity contribution in [3.63, 3.8) is 0 Å². The molecule has 7 heteroatoms. The van der Waals surface area contributed by atoms with Gasteiger partial charge >= 0.3 is 0 Å². The fourth-order valence-corrected chi connectivity index (χ4v) is 5.35. The Morgan fingerprint density at radius 2 is 2.04 bits per heavy atom. The van der Waals surface area contributed by atoms with Gasteiger partial charge in [0.05, 0.1) is 0 Å². The molecule has 1 aliphatic carbocycles. The summed E-state index contributed by atoms with van der Waals surface area (Å²) in [6.45, 7) is 3.69. The van der Waals surface area contributed by atoms with Gasteiger partial charge in [0.25, 0.3) is 6.47 Å². The minimum absolute atomic E-state index is 0.231. The number of rotatable bonds is 4. The molecular formula is C21H27N3O3S. The third-order valence-corrected chi connectivity index (χ3v) is 6.80. The third-order valence-electron chi connectivity index (χ3n) is 5.78. The molecule has 1 amide bonds. The van der Waals surface area contributed by atoms with Gasteiger partial charge in [-0.3, -0.25) is 14.5 Å². The highest BCUT2D eigenvalue weighted by Gasteiger charge is 2.39. The molecule has 2 aliphatic rings. The zero-order valence-corrected chi connectivity index (χ0v) is 17.1. The largest absolute Gasteiger partial charge is 0.483 e. The van der Waals surface area contributed by atoms with Crippen LogP contribution in [0, 0.1) is 18.8 Å². The van der Waals surface area contributed by atoms with Crippen molar-refractivity contribution in [2.75, 3.05) is 13.6 Å². The van der Waals surface area contributed by atoms with Crippen LogP contribution in [0.25, 0.3) is 10.6 Å². The number of nitrogens with one attached hydrogen (secondary N) is 1. The zero-order chi connectivity index (χ0) is 20.1. The minimum atomic E-state index is -0.250. The molecule has 2 fully saturated rings. The van der Waals surface area contributed by atoms with Gasteiger partial charge in [-0.25, -0.2) is 4.98 Å². The van der Waals surface area contributed by atoms with Crippen molar-refractivity contribution in [1.82, 2.24) is 15.2 Å². The lowest BCUT2D eigenvalue weighted by Gasteiger charge is -2.24. The molecule has 4 rings (SSSR count). The molecule has 28 heavy (non-hydrogen) atoms. The highest BCUT2D eigenvalue weighted by molar-refractivity contribution is 7.15. The van der Waals surface area contributed by atoms with Gasteiger partial charge in [-0.05, 0) is 44.2 Å². The number of carbonyl (C=O) groups excluding carboxylic acids is 1. The summed E-state index contributed by atoms with van der Waals surface area (Å²) in [6, 6.07) is 9.00. The SMILES string of the molecule is Cc1ccccc1-c1ncc(CN(C)[C@H]2C[C@H]3CC(=O)NC[C@H]3C2)s1.O=CO. The van der Waals surface area contributed by atoms with Crippen molar-refractivity contribution in [2.45, 2.75) is 38.8 Å². The molecule has 0 radical (unpaired) electrons. The maximum atomic E-state index is 11.6. The summed E-state index contributed by atoms with van der Waals surface area (Å²) in [5.41, 5.74) is 2.51. The molecule has 1 aromatic carbocycles. The van der Waals surface area contributed by atoms with E-state index in [2.05, 4.69) is 53.4 Å². The molecule has 0 unspecified atom stereocenters. The van der Waals surface area contributed by atoms with Gasteiger partial charge in [0, 0.05) is 42.2 Å². The first-order valence-corrected chi connectivity index (χ1v) is 10.4. The van der Waals surface area contributed by atoms with E-state index in [1.165, 1.54) is 22.4 Å². The maximum absolute atomic E-state index is 11.6. The molecule has 2 aromatic rings. The number of nitrogens with zero attached hydrogens (tertiary/aromatic N) is 2. The van der Waals surface area contributed by atoms with Gasteiger partial charge < -0.3 is 10.4 Å². The van der Waals surface area contributed by atoms with Crippen LogP contribution in [-0.2, 0) is 16.1 Å². The number of aryl methyl sites for hydroxylation is 1. The summed E-state index contributed by atoms with van der Waals surface area (Å²) in [4.78, 5) is 28.4. The van der Waals surface area contributed by atoms with Gasteiger partial charge in [-0.1, -0.05) is 24.3 Å². The van der Waals surface area contributed by atoms with Crippen molar-refractivity contribution in [3.8, 4) is 10.6 Å². The van der Waals surface area contributed by atoms with Gasteiger partial charge in [0.15, 0.2) is 0 Å². The van der Waals surface area contributed by atoms with E-state index in [1.807, 2.05) is 6.20 Å². The molecular weight excluding hydrogens is 374 g/mol. The topological polar surface area (TPSA) is 82.5 Å². The van der Waals surface area contributed by atoms with E-state index in [0.29, 0.717) is 24.3 Å². The number of hydrogen-bond acceptors (Lipinski definition) is 5. The van der Waals surface area contributed by atoms with Crippen LogP contribution in [0.5, 0.6) is 0 Å². The normalized spacial score (nSPS) is 23.5. The highest BCUT2D eigenvalue weighted by Crippen LogP contribution is 2.39. The second-order valence-corrected chi connectivity index (χ2v) is 8.74. The van der Waals surface area contributed by atoms with Crippen LogP contribution >= 0.6 is 11.3 Å². The molecule has 1 aromatic heterocycles. The molecule has 3 atom stereocenters. The Balaban J connectivity index is 0.000000706. The minimum Gasteiger partial charge on any atom is -0.483 e. The Hall–Kier alpha value is -2.25. The number of thiazole rings is 1. The fraction of sp³-hybridized carbons (Fsp3) is 0.476. The molecule has 0 spiro atoms. The van der Waals surface area contributed by atoms with E-state index in [0.717, 1.165) is 24.5 Å². The average Bonchev–Trinajstić information content (AvgIpc) is 3.29. The van der Waals surface area contributed by atoms with Crippen molar-refractivity contribution < 1.29 is 14.7 Å². The van der Waals surface area contributed by atoms with Crippen LogP contribution in [-0.4, -0.2) is 47.0 Å². The molecule has 1 aliphatic heterocycles. The van der Waals surface area contributed by atoms with E-state index in [1.54, 1.807) is 11.3 Å². The lowest BCUT2D eigenvalue weighted by atomic mass is 9.89. The summed E-state index contributed by atoms with van der Waals surface area (Å²) >= 11 is 1.79. The quantitative estimate of drug-likeness (QED) is 0.769. The summed E-state index contributed by atoms with van der Waals surface area (Å²) in [6.07, 6.45) is 5.09. The molecule has 150 valence electrons. The van der Waals surface area contributed by atoms with Crippen LogP contribution in [0.4, 0.5) is 0 Å². The molecule has 1 saturated carbocycles. The van der Waals surface area contributed by atoms with Crippen LogP contribution in [0.2, 0.25) is 0 Å². The first-order valence-electron chi connectivity index (χ1n) is 9.57. The molecule has 0 bridgehead atoms. The Kier molecular flexibility index (Phi) is 6.80. The number of aromatic nitrogens is 1. The molecule has 2 heterocycles. The number of hydrogen-bond donors (Lipinski definition) is 2. The molecule has 6 nitrogen and oxygen atoms in total. The second-order valence-electron chi connectivity index (χ2n) is 7.62. The van der Waals surface area contributed by atoms with Gasteiger partial charge in [-0.15, -0.1) is 11.3 Å². The van der Waals surface area contributed by atoms with Gasteiger partial charge in [0.2, 0.25) is 5.91 Å². The van der Waals surface area contributed by atoms with E-state index < -0.39 is 0 Å². The Morgan fingerprint density at radius 3 is 2.79 bits per heavy atom. The number of amides is 1. The van der Waals surface area contributed by atoms with Crippen LogP contribution in [0.3, 0.4) is 0 Å². The number of benzene rings is 1. The number of carbonyl (C=O) groups is 2. The first kappa shape index (κ1) is 20.5. The standard InChI is InChI=1S/C20H25N3OS.CH2O2/c1-13-5-3-4-6-18(13)20-22-11-17(25-20)12-23(2)16-7-14-9-19(24)21-10-15(14)8-16;2-1-3/h3-6,11,14-16H,7-10,12H2,1-2H3,(H,21,24);1H,(H,2,3)/t14-,15+,16-;/m0./s1. The Bertz CT molecular complexity index is 823. The Morgan fingerprint density at radius 1 is 1.32 bits per heavy atom. The van der Waals surface area contributed by atoms with Crippen LogP contribution in [0.1, 0.15) is 29.7 Å².